The quantitative estimate of drug-likeness (QED) is 0.820. The number of nitrogens with one attached hydrogen (secondary N) is 1. The molecule has 0 aromatic heterocycles. The van der Waals surface area contributed by atoms with Gasteiger partial charge in [-0.05, 0) is 30.4 Å². The van der Waals surface area contributed by atoms with Gasteiger partial charge >= 0.3 is 0 Å². The highest BCUT2D eigenvalue weighted by molar-refractivity contribution is 5.33. The van der Waals surface area contributed by atoms with E-state index in [9.17, 15) is 5.26 Å². The topological polar surface area (TPSA) is 35.8 Å². The molecule has 0 spiro atoms. The molecule has 2 unspecified atom stereocenters. The SMILES string of the molecule is CC(C)(C)C1CC(C#N)(c2ccccc2)CCN1. The van der Waals surface area contributed by atoms with Gasteiger partial charge in [-0.15, -0.1) is 0 Å². The zero-order valence-electron chi connectivity index (χ0n) is 11.5. The summed E-state index contributed by atoms with van der Waals surface area (Å²) in [5.74, 6) is 0. The van der Waals surface area contributed by atoms with Gasteiger partial charge in [0.25, 0.3) is 0 Å². The van der Waals surface area contributed by atoms with E-state index in [2.05, 4.69) is 44.3 Å². The second kappa shape index (κ2) is 4.74. The standard InChI is InChI=1S/C16H22N2/c1-15(2,3)14-11-16(12-17,9-10-18-14)13-7-5-4-6-8-13/h4-8,14,18H,9-11H2,1-3H3. The van der Waals surface area contributed by atoms with Crippen molar-refractivity contribution in [1.29, 1.82) is 5.26 Å². The molecule has 0 bridgehead atoms. The van der Waals surface area contributed by atoms with Gasteiger partial charge in [0.2, 0.25) is 0 Å². The second-order valence-electron chi connectivity index (χ2n) is 6.39. The van der Waals surface area contributed by atoms with Crippen molar-refractivity contribution in [3.8, 4) is 6.07 Å². The Balaban J connectivity index is 2.32. The molecule has 0 radical (unpaired) electrons. The Morgan fingerprint density at radius 1 is 1.28 bits per heavy atom. The van der Waals surface area contributed by atoms with Crippen LogP contribution < -0.4 is 5.32 Å². The van der Waals surface area contributed by atoms with Crippen LogP contribution >= 0.6 is 0 Å². The maximum absolute atomic E-state index is 9.70. The molecule has 2 heteroatoms. The molecule has 1 N–H and O–H groups in total. The van der Waals surface area contributed by atoms with Gasteiger partial charge < -0.3 is 5.32 Å². The van der Waals surface area contributed by atoms with Gasteiger partial charge in [-0.1, -0.05) is 51.1 Å². The van der Waals surface area contributed by atoms with Crippen LogP contribution in [-0.4, -0.2) is 12.6 Å². The van der Waals surface area contributed by atoms with Crippen molar-refractivity contribution in [3.05, 3.63) is 35.9 Å². The van der Waals surface area contributed by atoms with Crippen molar-refractivity contribution < 1.29 is 0 Å². The predicted molar refractivity (Wildman–Crippen MR) is 74.2 cm³/mol. The Morgan fingerprint density at radius 2 is 1.94 bits per heavy atom. The normalized spacial score (nSPS) is 28.7. The Hall–Kier alpha value is -1.33. The first-order valence-corrected chi connectivity index (χ1v) is 6.68. The summed E-state index contributed by atoms with van der Waals surface area (Å²) in [6.07, 6.45) is 1.80. The Bertz CT molecular complexity index is 438. The molecular formula is C16H22N2. The summed E-state index contributed by atoms with van der Waals surface area (Å²) >= 11 is 0. The van der Waals surface area contributed by atoms with Crippen molar-refractivity contribution in [2.24, 2.45) is 5.41 Å². The fraction of sp³-hybridized carbons (Fsp3) is 0.562. The van der Waals surface area contributed by atoms with Gasteiger partial charge in [0.1, 0.15) is 0 Å². The van der Waals surface area contributed by atoms with Crippen molar-refractivity contribution in [1.82, 2.24) is 5.32 Å². The maximum Gasteiger partial charge on any atom is 0.0849 e. The Kier molecular flexibility index (Phi) is 3.45. The smallest absolute Gasteiger partial charge is 0.0849 e. The molecule has 1 saturated heterocycles. The molecular weight excluding hydrogens is 220 g/mol. The number of piperidine rings is 1. The molecule has 1 aliphatic heterocycles. The summed E-state index contributed by atoms with van der Waals surface area (Å²) in [7, 11) is 0. The Morgan fingerprint density at radius 3 is 2.50 bits per heavy atom. The monoisotopic (exact) mass is 242 g/mol. The number of hydrogen-bond donors (Lipinski definition) is 1. The lowest BCUT2D eigenvalue weighted by molar-refractivity contribution is 0.186. The van der Waals surface area contributed by atoms with E-state index in [0.717, 1.165) is 19.4 Å². The molecule has 0 aliphatic carbocycles. The van der Waals surface area contributed by atoms with Crippen LogP contribution in [0.25, 0.3) is 0 Å². The summed E-state index contributed by atoms with van der Waals surface area (Å²) in [6, 6.07) is 13.2. The molecule has 2 rings (SSSR count). The molecule has 2 nitrogen and oxygen atoms in total. The summed E-state index contributed by atoms with van der Waals surface area (Å²) in [5, 5.41) is 13.3. The summed E-state index contributed by atoms with van der Waals surface area (Å²) in [5.41, 5.74) is 1.05. The van der Waals surface area contributed by atoms with E-state index in [1.54, 1.807) is 0 Å². The zero-order valence-corrected chi connectivity index (χ0v) is 11.5. The first-order valence-electron chi connectivity index (χ1n) is 6.68. The molecule has 1 heterocycles. The van der Waals surface area contributed by atoms with E-state index in [0.29, 0.717) is 6.04 Å². The third kappa shape index (κ3) is 2.42. The van der Waals surface area contributed by atoms with Gasteiger partial charge in [-0.3, -0.25) is 0 Å². The van der Waals surface area contributed by atoms with E-state index in [4.69, 9.17) is 0 Å². The van der Waals surface area contributed by atoms with Crippen LogP contribution in [0.5, 0.6) is 0 Å². The van der Waals surface area contributed by atoms with E-state index < -0.39 is 0 Å². The fourth-order valence-electron chi connectivity index (χ4n) is 2.78. The van der Waals surface area contributed by atoms with Gasteiger partial charge in [0, 0.05) is 6.04 Å². The van der Waals surface area contributed by atoms with Crippen molar-refractivity contribution in [2.75, 3.05) is 6.54 Å². The highest BCUT2D eigenvalue weighted by Crippen LogP contribution is 2.39. The van der Waals surface area contributed by atoms with Crippen LogP contribution in [0.2, 0.25) is 0 Å². The minimum Gasteiger partial charge on any atom is -0.313 e. The number of benzene rings is 1. The van der Waals surface area contributed by atoms with Crippen LogP contribution in [0.3, 0.4) is 0 Å². The molecule has 1 aromatic carbocycles. The molecule has 0 saturated carbocycles. The van der Waals surface area contributed by atoms with E-state index in [1.165, 1.54) is 5.56 Å². The zero-order chi connectivity index (χ0) is 13.2. The third-order valence-electron chi connectivity index (χ3n) is 4.08. The first kappa shape index (κ1) is 13.1. The average molecular weight is 242 g/mol. The lowest BCUT2D eigenvalue weighted by Crippen LogP contribution is -2.51. The minimum absolute atomic E-state index is 0.192. The van der Waals surface area contributed by atoms with Crippen LogP contribution in [0.15, 0.2) is 30.3 Å². The molecule has 0 amide bonds. The van der Waals surface area contributed by atoms with Crippen LogP contribution in [0.4, 0.5) is 0 Å². The van der Waals surface area contributed by atoms with Crippen LogP contribution in [-0.2, 0) is 5.41 Å². The average Bonchev–Trinajstić information content (AvgIpc) is 2.39. The fourth-order valence-corrected chi connectivity index (χ4v) is 2.78. The van der Waals surface area contributed by atoms with Gasteiger partial charge in [-0.2, -0.15) is 5.26 Å². The summed E-state index contributed by atoms with van der Waals surface area (Å²) in [6.45, 7) is 7.64. The molecule has 18 heavy (non-hydrogen) atoms. The van der Waals surface area contributed by atoms with Crippen molar-refractivity contribution >= 4 is 0 Å². The lowest BCUT2D eigenvalue weighted by Gasteiger charge is -2.42. The van der Waals surface area contributed by atoms with E-state index >= 15 is 0 Å². The highest BCUT2D eigenvalue weighted by Gasteiger charge is 2.41. The van der Waals surface area contributed by atoms with Gasteiger partial charge in [0.15, 0.2) is 0 Å². The number of rotatable bonds is 1. The van der Waals surface area contributed by atoms with E-state index in [1.807, 2.05) is 18.2 Å². The molecule has 96 valence electrons. The van der Waals surface area contributed by atoms with Crippen LogP contribution in [0, 0.1) is 16.7 Å². The van der Waals surface area contributed by atoms with E-state index in [-0.39, 0.29) is 10.8 Å². The third-order valence-corrected chi connectivity index (χ3v) is 4.08. The first-order chi connectivity index (χ1) is 8.48. The molecule has 2 atom stereocenters. The predicted octanol–water partition coefficient (Wildman–Crippen LogP) is 3.25. The maximum atomic E-state index is 9.70. The second-order valence-corrected chi connectivity index (χ2v) is 6.39. The number of nitrogens with zero attached hydrogens (tertiary/aromatic N) is 1. The molecule has 1 fully saturated rings. The van der Waals surface area contributed by atoms with Crippen molar-refractivity contribution in [2.45, 2.75) is 45.1 Å². The number of nitriles is 1. The minimum atomic E-state index is -0.315. The number of hydrogen-bond acceptors (Lipinski definition) is 2. The highest BCUT2D eigenvalue weighted by atomic mass is 14.9. The van der Waals surface area contributed by atoms with Gasteiger partial charge in [0.05, 0.1) is 11.5 Å². The summed E-state index contributed by atoms with van der Waals surface area (Å²) < 4.78 is 0. The van der Waals surface area contributed by atoms with Crippen LogP contribution in [0.1, 0.15) is 39.2 Å². The Labute approximate surface area is 110 Å². The molecule has 1 aliphatic rings. The molecule has 1 aromatic rings. The van der Waals surface area contributed by atoms with Crippen molar-refractivity contribution in [3.63, 3.8) is 0 Å². The summed E-state index contributed by atoms with van der Waals surface area (Å²) in [4.78, 5) is 0. The lowest BCUT2D eigenvalue weighted by atomic mass is 9.67. The largest absolute Gasteiger partial charge is 0.313 e. The van der Waals surface area contributed by atoms with Gasteiger partial charge in [-0.25, -0.2) is 0 Å².